The highest BCUT2D eigenvalue weighted by molar-refractivity contribution is 5.75. The number of hydrogen-bond donors (Lipinski definition) is 1. The normalized spacial score (nSPS) is 53.9. The molecule has 3 saturated carbocycles. The SMILES string of the molecule is C[C@]12CC[C@H](O)CC1OC(=O)C1C2CC[C@@]2(C)C1CCC21OCCO1. The summed E-state index contributed by atoms with van der Waals surface area (Å²) in [6.07, 6.45) is 5.89. The van der Waals surface area contributed by atoms with E-state index in [9.17, 15) is 9.90 Å². The third-order valence-electron chi connectivity index (χ3n) is 8.68. The Labute approximate surface area is 149 Å². The highest BCUT2D eigenvalue weighted by Gasteiger charge is 2.69. The van der Waals surface area contributed by atoms with E-state index < -0.39 is 5.79 Å². The van der Waals surface area contributed by atoms with Crippen LogP contribution < -0.4 is 0 Å². The van der Waals surface area contributed by atoms with Gasteiger partial charge in [0.2, 0.25) is 0 Å². The summed E-state index contributed by atoms with van der Waals surface area (Å²) in [5.74, 6) is 0.0843. The Bertz CT molecular complexity index is 585. The van der Waals surface area contributed by atoms with Crippen molar-refractivity contribution in [1.82, 2.24) is 0 Å². The quantitative estimate of drug-likeness (QED) is 0.681. The Morgan fingerprint density at radius 2 is 1.72 bits per heavy atom. The van der Waals surface area contributed by atoms with Gasteiger partial charge in [-0.05, 0) is 43.9 Å². The third kappa shape index (κ3) is 1.98. The van der Waals surface area contributed by atoms with Crippen molar-refractivity contribution in [1.29, 1.82) is 0 Å². The zero-order valence-corrected chi connectivity index (χ0v) is 15.3. The van der Waals surface area contributed by atoms with Crippen molar-refractivity contribution in [2.75, 3.05) is 13.2 Å². The van der Waals surface area contributed by atoms with Crippen LogP contribution in [0.5, 0.6) is 0 Å². The molecule has 4 unspecified atom stereocenters. The van der Waals surface area contributed by atoms with Crippen molar-refractivity contribution in [3.05, 3.63) is 0 Å². The lowest BCUT2D eigenvalue weighted by Gasteiger charge is -2.59. The Hall–Kier alpha value is -0.650. The van der Waals surface area contributed by atoms with Crippen LogP contribution in [0.15, 0.2) is 0 Å². The Kier molecular flexibility index (Phi) is 3.44. The predicted octanol–water partition coefficient (Wildman–Crippen LogP) is 2.65. The summed E-state index contributed by atoms with van der Waals surface area (Å²) in [5, 5.41) is 10.1. The van der Waals surface area contributed by atoms with Gasteiger partial charge in [0.1, 0.15) is 6.10 Å². The number of aliphatic hydroxyl groups excluding tert-OH is 1. The first-order chi connectivity index (χ1) is 11.9. The van der Waals surface area contributed by atoms with E-state index in [2.05, 4.69) is 13.8 Å². The van der Waals surface area contributed by atoms with Gasteiger partial charge in [-0.3, -0.25) is 4.79 Å². The summed E-state index contributed by atoms with van der Waals surface area (Å²) >= 11 is 0. The lowest BCUT2D eigenvalue weighted by atomic mass is 9.49. The van der Waals surface area contributed by atoms with Gasteiger partial charge >= 0.3 is 5.97 Å². The molecule has 25 heavy (non-hydrogen) atoms. The van der Waals surface area contributed by atoms with Crippen LogP contribution in [0.2, 0.25) is 0 Å². The van der Waals surface area contributed by atoms with Crippen molar-refractivity contribution in [2.45, 2.75) is 76.8 Å². The van der Waals surface area contributed by atoms with Crippen LogP contribution in [-0.2, 0) is 19.0 Å². The number of aliphatic hydroxyl groups is 1. The van der Waals surface area contributed by atoms with Crippen LogP contribution in [0, 0.1) is 28.6 Å². The Morgan fingerprint density at radius 1 is 1.00 bits per heavy atom. The van der Waals surface area contributed by atoms with Gasteiger partial charge in [-0.25, -0.2) is 0 Å². The molecule has 0 radical (unpaired) electrons. The van der Waals surface area contributed by atoms with Gasteiger partial charge in [0.25, 0.3) is 0 Å². The number of rotatable bonds is 0. The number of fused-ring (bicyclic) bond motifs is 6. The second kappa shape index (κ2) is 5.20. The summed E-state index contributed by atoms with van der Waals surface area (Å²) in [6, 6.07) is 0. The van der Waals surface area contributed by atoms with Crippen molar-refractivity contribution in [3.8, 4) is 0 Å². The lowest BCUT2D eigenvalue weighted by Crippen LogP contribution is -2.62. The molecule has 0 bridgehead atoms. The van der Waals surface area contributed by atoms with Gasteiger partial charge in [0.05, 0.1) is 25.2 Å². The van der Waals surface area contributed by atoms with Gasteiger partial charge in [-0.1, -0.05) is 13.8 Å². The van der Waals surface area contributed by atoms with Gasteiger partial charge < -0.3 is 19.3 Å². The van der Waals surface area contributed by atoms with Crippen LogP contribution in [-0.4, -0.2) is 42.3 Å². The Balaban J connectivity index is 1.50. The maximum atomic E-state index is 13.0. The number of carbonyl (C=O) groups excluding carboxylic acids is 1. The molecule has 7 atom stereocenters. The standard InChI is InChI=1S/C20H30O5/c1-18-6-3-12(21)11-15(18)25-17(22)16-13(18)4-7-19(2)14(16)5-8-20(19)23-9-10-24-20/h12-16,21H,3-11H2,1-2H3/t12-,13?,14?,15?,16?,18+,19-/m0/s1. The first-order valence-corrected chi connectivity index (χ1v) is 10.1. The number of esters is 1. The molecule has 5 heteroatoms. The smallest absolute Gasteiger partial charge is 0.309 e. The van der Waals surface area contributed by atoms with Crippen molar-refractivity contribution >= 4 is 5.97 Å². The van der Waals surface area contributed by atoms with E-state index in [4.69, 9.17) is 14.2 Å². The van der Waals surface area contributed by atoms with E-state index in [1.165, 1.54) is 0 Å². The molecule has 0 aromatic heterocycles. The van der Waals surface area contributed by atoms with Crippen molar-refractivity contribution in [3.63, 3.8) is 0 Å². The third-order valence-corrected chi connectivity index (χ3v) is 8.68. The first-order valence-electron chi connectivity index (χ1n) is 10.1. The Morgan fingerprint density at radius 3 is 2.48 bits per heavy atom. The number of hydrogen-bond acceptors (Lipinski definition) is 5. The average molecular weight is 350 g/mol. The molecule has 1 spiro atoms. The maximum absolute atomic E-state index is 13.0. The largest absolute Gasteiger partial charge is 0.461 e. The molecular formula is C20H30O5. The zero-order valence-electron chi connectivity index (χ0n) is 15.3. The molecule has 0 amide bonds. The van der Waals surface area contributed by atoms with E-state index >= 15 is 0 Å². The molecule has 5 aliphatic rings. The minimum Gasteiger partial charge on any atom is -0.461 e. The van der Waals surface area contributed by atoms with Crippen LogP contribution in [0.1, 0.15) is 58.8 Å². The molecule has 0 aromatic carbocycles. The summed E-state index contributed by atoms with van der Waals surface area (Å²) in [7, 11) is 0. The topological polar surface area (TPSA) is 65.0 Å². The minimum absolute atomic E-state index is 0.00623. The highest BCUT2D eigenvalue weighted by Crippen LogP contribution is 2.67. The summed E-state index contributed by atoms with van der Waals surface area (Å²) < 4.78 is 18.2. The molecule has 2 heterocycles. The van der Waals surface area contributed by atoms with Crippen LogP contribution in [0.25, 0.3) is 0 Å². The summed E-state index contributed by atoms with van der Waals surface area (Å²) in [4.78, 5) is 13.0. The van der Waals surface area contributed by atoms with E-state index in [-0.39, 0.29) is 40.8 Å². The first kappa shape index (κ1) is 16.5. The molecule has 1 N–H and O–H groups in total. The fourth-order valence-corrected chi connectivity index (χ4v) is 7.19. The van der Waals surface area contributed by atoms with Gasteiger partial charge in [0, 0.05) is 23.7 Å². The van der Waals surface area contributed by atoms with Crippen LogP contribution >= 0.6 is 0 Å². The van der Waals surface area contributed by atoms with Gasteiger partial charge in [-0.15, -0.1) is 0 Å². The van der Waals surface area contributed by atoms with Crippen LogP contribution in [0.3, 0.4) is 0 Å². The molecular weight excluding hydrogens is 320 g/mol. The minimum atomic E-state index is -0.483. The second-order valence-corrected chi connectivity index (χ2v) is 9.54. The second-order valence-electron chi connectivity index (χ2n) is 9.54. The van der Waals surface area contributed by atoms with E-state index in [0.717, 1.165) is 38.5 Å². The van der Waals surface area contributed by atoms with E-state index in [1.807, 2.05) is 0 Å². The van der Waals surface area contributed by atoms with Crippen molar-refractivity contribution in [2.24, 2.45) is 28.6 Å². The molecule has 3 aliphatic carbocycles. The van der Waals surface area contributed by atoms with Gasteiger partial charge in [-0.2, -0.15) is 0 Å². The maximum Gasteiger partial charge on any atom is 0.309 e. The molecule has 2 saturated heterocycles. The van der Waals surface area contributed by atoms with Crippen LogP contribution in [0.4, 0.5) is 0 Å². The number of ether oxygens (including phenoxy) is 3. The van der Waals surface area contributed by atoms with E-state index in [0.29, 0.717) is 25.6 Å². The fraction of sp³-hybridized carbons (Fsp3) is 0.950. The zero-order chi connectivity index (χ0) is 17.4. The fourth-order valence-electron chi connectivity index (χ4n) is 7.19. The molecule has 140 valence electrons. The highest BCUT2D eigenvalue weighted by atomic mass is 16.7. The molecule has 0 aromatic rings. The molecule has 2 aliphatic heterocycles. The lowest BCUT2D eigenvalue weighted by molar-refractivity contribution is -0.257. The van der Waals surface area contributed by atoms with Crippen molar-refractivity contribution < 1.29 is 24.1 Å². The average Bonchev–Trinajstić information content (AvgIpc) is 3.17. The monoisotopic (exact) mass is 350 g/mol. The summed E-state index contributed by atoms with van der Waals surface area (Å²) in [5.41, 5.74) is -0.0899. The van der Waals surface area contributed by atoms with Gasteiger partial charge in [0.15, 0.2) is 5.79 Å². The predicted molar refractivity (Wildman–Crippen MR) is 89.5 cm³/mol. The van der Waals surface area contributed by atoms with E-state index in [1.54, 1.807) is 0 Å². The molecule has 5 rings (SSSR count). The molecule has 5 fully saturated rings. The molecule has 5 nitrogen and oxygen atoms in total. The number of carbonyl (C=O) groups is 1. The summed E-state index contributed by atoms with van der Waals surface area (Å²) in [6.45, 7) is 5.90.